The number of carbonyl (C=O) groups is 1. The molecule has 1 aliphatic rings. The van der Waals surface area contributed by atoms with Gasteiger partial charge >= 0.3 is 0 Å². The molecule has 0 aliphatic carbocycles. The number of pyridine rings is 1. The quantitative estimate of drug-likeness (QED) is 0.499. The summed E-state index contributed by atoms with van der Waals surface area (Å²) in [6, 6.07) is 10.5. The van der Waals surface area contributed by atoms with Gasteiger partial charge in [0, 0.05) is 24.7 Å². The molecule has 0 unspecified atom stereocenters. The molecular formula is C19H14ClN7O2. The van der Waals surface area contributed by atoms with Crippen molar-refractivity contribution in [3.8, 4) is 5.69 Å². The summed E-state index contributed by atoms with van der Waals surface area (Å²) in [6.07, 6.45) is 3.52. The summed E-state index contributed by atoms with van der Waals surface area (Å²) in [5.41, 5.74) is 2.77. The first-order chi connectivity index (χ1) is 14.1. The summed E-state index contributed by atoms with van der Waals surface area (Å²) in [6.45, 7) is 0.682. The van der Waals surface area contributed by atoms with Crippen LogP contribution in [0.4, 0.5) is 0 Å². The molecule has 0 N–H and O–H groups in total. The maximum Gasteiger partial charge on any atom is 0.263 e. The molecule has 1 amide bonds. The van der Waals surface area contributed by atoms with E-state index in [0.29, 0.717) is 40.4 Å². The fourth-order valence-electron chi connectivity index (χ4n) is 3.49. The van der Waals surface area contributed by atoms with Crippen molar-refractivity contribution in [1.82, 2.24) is 34.5 Å². The summed E-state index contributed by atoms with van der Waals surface area (Å²) in [7, 11) is 0. The predicted octanol–water partition coefficient (Wildman–Crippen LogP) is 1.52. The van der Waals surface area contributed by atoms with Gasteiger partial charge in [0.05, 0.1) is 28.5 Å². The van der Waals surface area contributed by atoms with E-state index in [1.54, 1.807) is 41.4 Å². The fourth-order valence-corrected chi connectivity index (χ4v) is 3.65. The van der Waals surface area contributed by atoms with Crippen LogP contribution in [0.1, 0.15) is 21.6 Å². The van der Waals surface area contributed by atoms with E-state index in [1.807, 2.05) is 6.07 Å². The van der Waals surface area contributed by atoms with Crippen molar-refractivity contribution >= 4 is 23.2 Å². The highest BCUT2D eigenvalue weighted by Crippen LogP contribution is 2.19. The molecule has 0 radical (unpaired) electrons. The minimum Gasteiger partial charge on any atom is -0.334 e. The highest BCUT2D eigenvalue weighted by molar-refractivity contribution is 6.30. The molecule has 10 heteroatoms. The third-order valence-electron chi connectivity index (χ3n) is 4.93. The molecule has 0 saturated carbocycles. The average Bonchev–Trinajstić information content (AvgIpc) is 3.29. The minimum atomic E-state index is -0.201. The monoisotopic (exact) mass is 407 g/mol. The van der Waals surface area contributed by atoms with Gasteiger partial charge < -0.3 is 4.90 Å². The number of amides is 1. The van der Waals surface area contributed by atoms with Gasteiger partial charge in [-0.1, -0.05) is 17.7 Å². The van der Waals surface area contributed by atoms with Crippen molar-refractivity contribution in [1.29, 1.82) is 0 Å². The number of nitrogens with zero attached hydrogens (tertiary/aromatic N) is 7. The molecule has 144 valence electrons. The Hall–Kier alpha value is -3.59. The Balaban J connectivity index is 1.48. The number of halogens is 1. The number of hydrogen-bond donors (Lipinski definition) is 0. The van der Waals surface area contributed by atoms with Crippen molar-refractivity contribution in [2.75, 3.05) is 6.54 Å². The van der Waals surface area contributed by atoms with E-state index in [-0.39, 0.29) is 18.0 Å². The van der Waals surface area contributed by atoms with Gasteiger partial charge in [0.25, 0.3) is 11.5 Å². The number of carbonyl (C=O) groups excluding carboxylic acids is 1. The van der Waals surface area contributed by atoms with Crippen LogP contribution in [0.5, 0.6) is 0 Å². The lowest BCUT2D eigenvalue weighted by atomic mass is 10.1. The molecule has 1 aliphatic heterocycles. The van der Waals surface area contributed by atoms with E-state index < -0.39 is 0 Å². The molecule has 0 spiro atoms. The van der Waals surface area contributed by atoms with Crippen LogP contribution in [0.2, 0.25) is 5.02 Å². The van der Waals surface area contributed by atoms with Gasteiger partial charge in [-0.3, -0.25) is 14.0 Å². The first-order valence-corrected chi connectivity index (χ1v) is 9.30. The lowest BCUT2D eigenvalue weighted by Crippen LogP contribution is -2.40. The van der Waals surface area contributed by atoms with Crippen molar-refractivity contribution in [3.05, 3.63) is 81.1 Å². The number of tetrazole rings is 1. The van der Waals surface area contributed by atoms with Gasteiger partial charge in [-0.25, -0.2) is 9.67 Å². The number of fused-ring (bicyclic) bond motifs is 2. The van der Waals surface area contributed by atoms with Crippen LogP contribution >= 0.6 is 11.6 Å². The standard InChI is InChI=1S/C19H14ClN7O2/c20-13-4-5-17-22-16-6-7-25(10-15(16)19(29)26(17)9-13)18(28)12-2-1-3-14(8-12)27-11-21-23-24-27/h1-5,8-9,11H,6-7,10H2. The van der Waals surface area contributed by atoms with Crippen LogP contribution in [0.25, 0.3) is 11.3 Å². The molecule has 0 bridgehead atoms. The van der Waals surface area contributed by atoms with Gasteiger partial charge in [0.2, 0.25) is 0 Å². The predicted molar refractivity (Wildman–Crippen MR) is 104 cm³/mol. The van der Waals surface area contributed by atoms with Crippen molar-refractivity contribution < 1.29 is 4.79 Å². The largest absolute Gasteiger partial charge is 0.334 e. The third kappa shape index (κ3) is 3.05. The average molecular weight is 408 g/mol. The van der Waals surface area contributed by atoms with Crippen molar-refractivity contribution in [2.24, 2.45) is 0 Å². The second-order valence-electron chi connectivity index (χ2n) is 6.70. The van der Waals surface area contributed by atoms with Crippen LogP contribution in [0.15, 0.2) is 53.7 Å². The molecule has 1 aromatic carbocycles. The van der Waals surface area contributed by atoms with Gasteiger partial charge in [-0.15, -0.1) is 5.10 Å². The number of rotatable bonds is 2. The molecule has 0 atom stereocenters. The Morgan fingerprint density at radius 2 is 2.07 bits per heavy atom. The Labute approximate surface area is 169 Å². The lowest BCUT2D eigenvalue weighted by molar-refractivity contribution is 0.0732. The highest BCUT2D eigenvalue weighted by Gasteiger charge is 2.26. The van der Waals surface area contributed by atoms with Crippen molar-refractivity contribution in [2.45, 2.75) is 13.0 Å². The van der Waals surface area contributed by atoms with Crippen LogP contribution in [0, 0.1) is 0 Å². The Bertz CT molecular complexity index is 1300. The first kappa shape index (κ1) is 17.5. The summed E-state index contributed by atoms with van der Waals surface area (Å²) >= 11 is 6.02. The summed E-state index contributed by atoms with van der Waals surface area (Å²) in [5.74, 6) is -0.166. The number of aromatic nitrogens is 6. The van der Waals surface area contributed by atoms with E-state index in [9.17, 15) is 9.59 Å². The smallest absolute Gasteiger partial charge is 0.263 e. The SMILES string of the molecule is O=C(c1cccc(-n2cnnn2)c1)N1CCc2nc3ccc(Cl)cn3c(=O)c2C1. The molecule has 29 heavy (non-hydrogen) atoms. The summed E-state index contributed by atoms with van der Waals surface area (Å²) in [5, 5.41) is 11.5. The molecule has 4 heterocycles. The van der Waals surface area contributed by atoms with E-state index in [0.717, 1.165) is 5.69 Å². The van der Waals surface area contributed by atoms with Gasteiger partial charge in [-0.05, 0) is 40.8 Å². The Morgan fingerprint density at radius 3 is 2.90 bits per heavy atom. The van der Waals surface area contributed by atoms with Gasteiger partial charge in [0.1, 0.15) is 12.0 Å². The van der Waals surface area contributed by atoms with E-state index in [4.69, 9.17) is 11.6 Å². The first-order valence-electron chi connectivity index (χ1n) is 8.92. The Morgan fingerprint density at radius 1 is 1.17 bits per heavy atom. The highest BCUT2D eigenvalue weighted by atomic mass is 35.5. The van der Waals surface area contributed by atoms with Crippen LogP contribution in [-0.4, -0.2) is 46.9 Å². The third-order valence-corrected chi connectivity index (χ3v) is 5.15. The number of hydrogen-bond acceptors (Lipinski definition) is 6. The maximum atomic E-state index is 13.1. The van der Waals surface area contributed by atoms with E-state index in [2.05, 4.69) is 20.5 Å². The molecule has 5 rings (SSSR count). The zero-order chi connectivity index (χ0) is 20.0. The fraction of sp³-hybridized carbons (Fsp3) is 0.158. The topological polar surface area (TPSA) is 98.3 Å². The second-order valence-corrected chi connectivity index (χ2v) is 7.14. The van der Waals surface area contributed by atoms with Gasteiger partial charge in [-0.2, -0.15) is 0 Å². The van der Waals surface area contributed by atoms with Crippen LogP contribution < -0.4 is 5.56 Å². The van der Waals surface area contributed by atoms with Gasteiger partial charge in [0.15, 0.2) is 0 Å². The molecule has 3 aromatic heterocycles. The summed E-state index contributed by atoms with van der Waals surface area (Å²) < 4.78 is 2.90. The zero-order valence-corrected chi connectivity index (χ0v) is 15.8. The molecular weight excluding hydrogens is 394 g/mol. The molecule has 0 fully saturated rings. The van der Waals surface area contributed by atoms with Crippen LogP contribution in [0.3, 0.4) is 0 Å². The van der Waals surface area contributed by atoms with Crippen molar-refractivity contribution in [3.63, 3.8) is 0 Å². The van der Waals surface area contributed by atoms with E-state index >= 15 is 0 Å². The maximum absolute atomic E-state index is 13.1. The van der Waals surface area contributed by atoms with Crippen LogP contribution in [-0.2, 0) is 13.0 Å². The molecule has 0 saturated heterocycles. The zero-order valence-electron chi connectivity index (χ0n) is 15.1. The van der Waals surface area contributed by atoms with E-state index in [1.165, 1.54) is 15.4 Å². The minimum absolute atomic E-state index is 0.166. The lowest BCUT2D eigenvalue weighted by Gasteiger charge is -2.28. The molecule has 4 aromatic rings. The Kier molecular flexibility index (Phi) is 4.09. The second kappa shape index (κ2) is 6.78. The normalized spacial score (nSPS) is 13.5. The summed E-state index contributed by atoms with van der Waals surface area (Å²) in [4.78, 5) is 32.2. The number of benzene rings is 1. The molecule has 9 nitrogen and oxygen atoms in total.